The highest BCUT2D eigenvalue weighted by molar-refractivity contribution is 5.81. The normalized spacial score (nSPS) is 18.9. The number of nitrogens with zero attached hydrogens (tertiary/aromatic N) is 1. The molecule has 1 aliphatic rings. The summed E-state index contributed by atoms with van der Waals surface area (Å²) >= 11 is 0. The maximum atomic E-state index is 11.4. The first kappa shape index (κ1) is 9.52. The molecule has 12 heavy (non-hydrogen) atoms. The number of hydrogen-bond acceptors (Lipinski definition) is 2. The maximum Gasteiger partial charge on any atom is 0.239 e. The lowest BCUT2D eigenvalue weighted by Crippen LogP contribution is -2.42. The number of hydrogen-bond donors (Lipinski definition) is 1. The van der Waals surface area contributed by atoms with Crippen LogP contribution in [0.2, 0.25) is 0 Å². The SMILES string of the molecule is CC[C@@H](N)C(=O)N(C)CC1CC1. The van der Waals surface area contributed by atoms with Crippen molar-refractivity contribution in [1.82, 2.24) is 4.90 Å². The second-order valence-electron chi connectivity index (χ2n) is 3.68. The van der Waals surface area contributed by atoms with Gasteiger partial charge >= 0.3 is 0 Å². The zero-order valence-corrected chi connectivity index (χ0v) is 7.92. The Morgan fingerprint density at radius 2 is 2.25 bits per heavy atom. The van der Waals surface area contributed by atoms with E-state index in [-0.39, 0.29) is 11.9 Å². The van der Waals surface area contributed by atoms with Crippen molar-refractivity contribution in [2.24, 2.45) is 11.7 Å². The Hall–Kier alpha value is -0.570. The molecule has 0 spiro atoms. The topological polar surface area (TPSA) is 46.3 Å². The Balaban J connectivity index is 2.28. The van der Waals surface area contributed by atoms with Gasteiger partial charge in [0.25, 0.3) is 0 Å². The molecule has 1 fully saturated rings. The van der Waals surface area contributed by atoms with Crippen LogP contribution in [0.25, 0.3) is 0 Å². The first-order valence-corrected chi connectivity index (χ1v) is 4.65. The fourth-order valence-electron chi connectivity index (χ4n) is 1.24. The molecule has 70 valence electrons. The first-order valence-electron chi connectivity index (χ1n) is 4.65. The standard InChI is InChI=1S/C9H18N2O/c1-3-8(10)9(12)11(2)6-7-4-5-7/h7-8H,3-6,10H2,1-2H3/t8-/m1/s1. The third-order valence-corrected chi connectivity index (χ3v) is 2.36. The maximum absolute atomic E-state index is 11.4. The van der Waals surface area contributed by atoms with E-state index >= 15 is 0 Å². The fraction of sp³-hybridized carbons (Fsp3) is 0.889. The van der Waals surface area contributed by atoms with Gasteiger partial charge in [0.1, 0.15) is 0 Å². The Kier molecular flexibility index (Phi) is 3.09. The molecule has 0 saturated heterocycles. The third-order valence-electron chi connectivity index (χ3n) is 2.36. The predicted molar refractivity (Wildman–Crippen MR) is 48.6 cm³/mol. The van der Waals surface area contributed by atoms with E-state index in [9.17, 15) is 4.79 Å². The van der Waals surface area contributed by atoms with Gasteiger partial charge in [-0.15, -0.1) is 0 Å². The van der Waals surface area contributed by atoms with Gasteiger partial charge in [0.05, 0.1) is 6.04 Å². The number of carbonyl (C=O) groups excluding carboxylic acids is 1. The molecule has 3 nitrogen and oxygen atoms in total. The van der Waals surface area contributed by atoms with Gasteiger partial charge in [0.2, 0.25) is 5.91 Å². The molecule has 0 radical (unpaired) electrons. The number of amides is 1. The van der Waals surface area contributed by atoms with Crippen molar-refractivity contribution in [3.63, 3.8) is 0 Å². The van der Waals surface area contributed by atoms with Gasteiger partial charge < -0.3 is 10.6 Å². The lowest BCUT2D eigenvalue weighted by Gasteiger charge is -2.20. The van der Waals surface area contributed by atoms with Crippen molar-refractivity contribution in [2.45, 2.75) is 32.2 Å². The van der Waals surface area contributed by atoms with Crippen LogP contribution in [0.3, 0.4) is 0 Å². The number of carbonyl (C=O) groups is 1. The van der Waals surface area contributed by atoms with E-state index < -0.39 is 0 Å². The Morgan fingerprint density at radius 3 is 2.67 bits per heavy atom. The van der Waals surface area contributed by atoms with Crippen LogP contribution < -0.4 is 5.73 Å². The molecule has 0 bridgehead atoms. The minimum Gasteiger partial charge on any atom is -0.344 e. The van der Waals surface area contributed by atoms with E-state index in [2.05, 4.69) is 0 Å². The molecule has 1 aliphatic carbocycles. The van der Waals surface area contributed by atoms with E-state index in [1.807, 2.05) is 14.0 Å². The van der Waals surface area contributed by atoms with Crippen molar-refractivity contribution < 1.29 is 4.79 Å². The van der Waals surface area contributed by atoms with E-state index in [0.717, 1.165) is 18.9 Å². The van der Waals surface area contributed by atoms with E-state index in [0.29, 0.717) is 0 Å². The minimum absolute atomic E-state index is 0.0874. The average Bonchev–Trinajstić information content (AvgIpc) is 2.85. The van der Waals surface area contributed by atoms with Gasteiger partial charge in [-0.05, 0) is 25.2 Å². The van der Waals surface area contributed by atoms with E-state index in [1.165, 1.54) is 12.8 Å². The Labute approximate surface area is 73.9 Å². The van der Waals surface area contributed by atoms with Crippen LogP contribution in [0.4, 0.5) is 0 Å². The summed E-state index contributed by atoms with van der Waals surface area (Å²) in [5.74, 6) is 0.840. The molecular formula is C9H18N2O. The zero-order valence-electron chi connectivity index (χ0n) is 7.92. The quantitative estimate of drug-likeness (QED) is 0.671. The molecular weight excluding hydrogens is 152 g/mol. The van der Waals surface area contributed by atoms with Crippen molar-refractivity contribution in [2.75, 3.05) is 13.6 Å². The summed E-state index contributed by atoms with van der Waals surface area (Å²) in [7, 11) is 1.84. The highest BCUT2D eigenvalue weighted by Gasteiger charge is 2.26. The smallest absolute Gasteiger partial charge is 0.239 e. The van der Waals surface area contributed by atoms with E-state index in [4.69, 9.17) is 5.73 Å². The van der Waals surface area contributed by atoms with Crippen LogP contribution >= 0.6 is 0 Å². The molecule has 1 rings (SSSR count). The molecule has 0 aromatic heterocycles. The highest BCUT2D eigenvalue weighted by atomic mass is 16.2. The Morgan fingerprint density at radius 1 is 1.67 bits per heavy atom. The summed E-state index contributed by atoms with van der Waals surface area (Å²) in [6.07, 6.45) is 3.28. The number of rotatable bonds is 4. The molecule has 0 aliphatic heterocycles. The van der Waals surface area contributed by atoms with Crippen molar-refractivity contribution in [3.05, 3.63) is 0 Å². The van der Waals surface area contributed by atoms with Crippen molar-refractivity contribution >= 4 is 5.91 Å². The first-order chi connectivity index (χ1) is 5.65. The second kappa shape index (κ2) is 3.90. The predicted octanol–water partition coefficient (Wildman–Crippen LogP) is 0.592. The summed E-state index contributed by atoms with van der Waals surface area (Å²) in [6, 6.07) is -0.297. The lowest BCUT2D eigenvalue weighted by atomic mass is 10.2. The monoisotopic (exact) mass is 170 g/mol. The van der Waals surface area contributed by atoms with Crippen LogP contribution in [0.1, 0.15) is 26.2 Å². The zero-order chi connectivity index (χ0) is 9.14. The van der Waals surface area contributed by atoms with E-state index in [1.54, 1.807) is 4.90 Å². The molecule has 2 N–H and O–H groups in total. The summed E-state index contributed by atoms with van der Waals surface area (Å²) in [6.45, 7) is 2.83. The van der Waals surface area contributed by atoms with Gasteiger partial charge in [-0.2, -0.15) is 0 Å². The largest absolute Gasteiger partial charge is 0.344 e. The minimum atomic E-state index is -0.297. The highest BCUT2D eigenvalue weighted by Crippen LogP contribution is 2.29. The fourth-order valence-corrected chi connectivity index (χ4v) is 1.24. The van der Waals surface area contributed by atoms with Crippen molar-refractivity contribution in [1.29, 1.82) is 0 Å². The molecule has 0 aromatic rings. The summed E-state index contributed by atoms with van der Waals surface area (Å²) in [4.78, 5) is 13.2. The average molecular weight is 170 g/mol. The number of nitrogens with two attached hydrogens (primary N) is 1. The summed E-state index contributed by atoms with van der Waals surface area (Å²) in [5, 5.41) is 0. The summed E-state index contributed by atoms with van der Waals surface area (Å²) < 4.78 is 0. The number of likely N-dealkylation sites (N-methyl/N-ethyl adjacent to an activating group) is 1. The van der Waals surface area contributed by atoms with Crippen LogP contribution in [-0.4, -0.2) is 30.4 Å². The molecule has 1 amide bonds. The van der Waals surface area contributed by atoms with Gasteiger partial charge in [-0.3, -0.25) is 4.79 Å². The third kappa shape index (κ3) is 2.48. The van der Waals surface area contributed by atoms with Gasteiger partial charge in [0.15, 0.2) is 0 Å². The molecule has 0 aromatic carbocycles. The van der Waals surface area contributed by atoms with Crippen molar-refractivity contribution in [3.8, 4) is 0 Å². The lowest BCUT2D eigenvalue weighted by molar-refractivity contribution is -0.131. The molecule has 0 unspecified atom stereocenters. The van der Waals surface area contributed by atoms with Crippen LogP contribution in [-0.2, 0) is 4.79 Å². The Bertz CT molecular complexity index is 166. The van der Waals surface area contributed by atoms with Gasteiger partial charge in [-0.25, -0.2) is 0 Å². The van der Waals surface area contributed by atoms with Gasteiger partial charge in [0, 0.05) is 13.6 Å². The van der Waals surface area contributed by atoms with Crippen LogP contribution in [0.5, 0.6) is 0 Å². The van der Waals surface area contributed by atoms with Crippen LogP contribution in [0.15, 0.2) is 0 Å². The summed E-state index contributed by atoms with van der Waals surface area (Å²) in [5.41, 5.74) is 5.62. The molecule has 1 saturated carbocycles. The molecule has 0 heterocycles. The molecule has 3 heteroatoms. The van der Waals surface area contributed by atoms with Gasteiger partial charge in [-0.1, -0.05) is 6.92 Å². The molecule has 1 atom stereocenters. The van der Waals surface area contributed by atoms with Crippen LogP contribution in [0, 0.1) is 5.92 Å². The second-order valence-corrected chi connectivity index (χ2v) is 3.68.